The number of hydrogen-bond acceptors (Lipinski definition) is 6. The number of aryl methyl sites for hydroxylation is 1. The highest BCUT2D eigenvalue weighted by molar-refractivity contribution is 7.89. The molecule has 6 rings (SSSR count). The standard InChI is InChI=1S/C33H41ClN2O6S/c34-26-10-12-28-22(15-26)4-2-14-33(28)19-36(29-16-23(32(38)39)9-13-31(29)42-20-33)17-24-8-11-27(24)30(37)5-1-3-25(21-6-7-21)18-43(35,40)41/h1,5,9-10,12-13,15-16,21,24-25,27,30,37H,2-4,6-8,11,14,17-20H2,(H,38,39)(H2,35,40,41)/b5-1+/t24-,25?,27+,30-,33-/m0/s1. The maximum atomic E-state index is 11.9. The average molecular weight is 629 g/mol. The Morgan fingerprint density at radius 1 is 1.19 bits per heavy atom. The van der Waals surface area contributed by atoms with E-state index in [0.717, 1.165) is 55.7 Å². The van der Waals surface area contributed by atoms with Gasteiger partial charge in [0.2, 0.25) is 10.0 Å². The van der Waals surface area contributed by atoms with Gasteiger partial charge in [-0.25, -0.2) is 18.4 Å². The summed E-state index contributed by atoms with van der Waals surface area (Å²) >= 11 is 6.37. The quantitative estimate of drug-likeness (QED) is 0.310. The molecule has 1 unspecified atom stereocenters. The van der Waals surface area contributed by atoms with Crippen molar-refractivity contribution in [2.24, 2.45) is 28.8 Å². The van der Waals surface area contributed by atoms with E-state index in [1.54, 1.807) is 18.2 Å². The molecular weight excluding hydrogens is 588 g/mol. The first-order chi connectivity index (χ1) is 20.5. The SMILES string of the molecule is NS(=O)(=O)CC(C/C=C/[C@H](O)[C@@H]1CC[C@H]1CN1C[C@@]2(CCCc3cc(Cl)ccc32)COc2ccc(C(=O)O)cc21)C1CC1. The molecule has 0 aromatic heterocycles. The summed E-state index contributed by atoms with van der Waals surface area (Å²) in [6.07, 6.45) is 10.6. The maximum absolute atomic E-state index is 11.9. The van der Waals surface area contributed by atoms with E-state index >= 15 is 0 Å². The predicted molar refractivity (Wildman–Crippen MR) is 167 cm³/mol. The number of anilines is 1. The van der Waals surface area contributed by atoms with Crippen LogP contribution in [-0.4, -0.2) is 56.2 Å². The van der Waals surface area contributed by atoms with E-state index in [9.17, 15) is 23.4 Å². The lowest BCUT2D eigenvalue weighted by Crippen LogP contribution is -2.49. The van der Waals surface area contributed by atoms with Gasteiger partial charge in [-0.1, -0.05) is 29.8 Å². The van der Waals surface area contributed by atoms with Crippen molar-refractivity contribution in [3.8, 4) is 5.75 Å². The number of carbonyl (C=O) groups is 1. The van der Waals surface area contributed by atoms with Gasteiger partial charge >= 0.3 is 5.97 Å². The Bertz CT molecular complexity index is 1510. The molecule has 0 radical (unpaired) electrons. The molecule has 4 N–H and O–H groups in total. The minimum Gasteiger partial charge on any atom is -0.490 e. The van der Waals surface area contributed by atoms with E-state index in [1.165, 1.54) is 11.1 Å². The number of carboxylic acid groups (broad SMARTS) is 1. The van der Waals surface area contributed by atoms with Gasteiger partial charge in [-0.15, -0.1) is 0 Å². The van der Waals surface area contributed by atoms with Crippen LogP contribution >= 0.6 is 11.6 Å². The summed E-state index contributed by atoms with van der Waals surface area (Å²) in [5, 5.41) is 27.0. The number of hydrogen-bond donors (Lipinski definition) is 3. The number of fused-ring (bicyclic) bond motifs is 3. The summed E-state index contributed by atoms with van der Waals surface area (Å²) in [6.45, 7) is 1.86. The summed E-state index contributed by atoms with van der Waals surface area (Å²) in [7, 11) is -3.54. The number of sulfonamides is 1. The molecule has 1 heterocycles. The van der Waals surface area contributed by atoms with Crippen LogP contribution in [0.25, 0.3) is 0 Å². The lowest BCUT2D eigenvalue weighted by molar-refractivity contribution is 0.0455. The lowest BCUT2D eigenvalue weighted by atomic mass is 9.68. The summed E-state index contributed by atoms with van der Waals surface area (Å²) < 4.78 is 29.8. The Hall–Kier alpha value is -2.59. The Balaban J connectivity index is 1.22. The highest BCUT2D eigenvalue weighted by atomic mass is 35.5. The molecule has 8 nitrogen and oxygen atoms in total. The average Bonchev–Trinajstić information content (AvgIpc) is 3.78. The van der Waals surface area contributed by atoms with Crippen LogP contribution < -0.4 is 14.8 Å². The summed E-state index contributed by atoms with van der Waals surface area (Å²) in [4.78, 5) is 14.2. The van der Waals surface area contributed by atoms with E-state index in [-0.39, 0.29) is 34.5 Å². The van der Waals surface area contributed by atoms with E-state index in [2.05, 4.69) is 17.0 Å². The number of aliphatic hydroxyl groups excluding tert-OH is 1. The number of aromatic carboxylic acids is 1. The molecular formula is C33H41ClN2O6S. The van der Waals surface area contributed by atoms with Crippen LogP contribution in [0.1, 0.15) is 66.4 Å². The van der Waals surface area contributed by atoms with Crippen LogP contribution in [0, 0.1) is 23.7 Å². The number of ether oxygens (including phenoxy) is 1. The summed E-state index contributed by atoms with van der Waals surface area (Å²) in [5.41, 5.74) is 3.23. The second-order valence-corrected chi connectivity index (χ2v) is 15.3. The smallest absolute Gasteiger partial charge is 0.335 e. The van der Waals surface area contributed by atoms with Crippen molar-refractivity contribution in [1.29, 1.82) is 0 Å². The van der Waals surface area contributed by atoms with Crippen LogP contribution in [0.4, 0.5) is 5.69 Å². The molecule has 0 amide bonds. The molecule has 0 bridgehead atoms. The highest BCUT2D eigenvalue weighted by Crippen LogP contribution is 2.47. The monoisotopic (exact) mass is 628 g/mol. The Morgan fingerprint density at radius 3 is 2.70 bits per heavy atom. The largest absolute Gasteiger partial charge is 0.490 e. The molecule has 2 fully saturated rings. The minimum atomic E-state index is -3.54. The van der Waals surface area contributed by atoms with Gasteiger partial charge in [0.25, 0.3) is 0 Å². The zero-order valence-electron chi connectivity index (χ0n) is 24.3. The van der Waals surface area contributed by atoms with Crippen molar-refractivity contribution in [2.45, 2.75) is 62.9 Å². The Morgan fingerprint density at radius 2 is 2.00 bits per heavy atom. The number of nitrogens with two attached hydrogens (primary N) is 1. The fraction of sp³-hybridized carbons (Fsp3) is 0.545. The number of aliphatic hydroxyl groups is 1. The van der Waals surface area contributed by atoms with Crippen LogP contribution in [0.2, 0.25) is 5.02 Å². The molecule has 4 aliphatic rings. The maximum Gasteiger partial charge on any atom is 0.335 e. The van der Waals surface area contributed by atoms with Crippen molar-refractivity contribution in [1.82, 2.24) is 0 Å². The van der Waals surface area contributed by atoms with Gasteiger partial charge < -0.3 is 19.8 Å². The normalized spacial score (nSPS) is 26.6. The van der Waals surface area contributed by atoms with Crippen LogP contribution in [-0.2, 0) is 21.9 Å². The van der Waals surface area contributed by atoms with Crippen LogP contribution in [0.5, 0.6) is 5.75 Å². The lowest BCUT2D eigenvalue weighted by Gasteiger charge is -2.45. The van der Waals surface area contributed by atoms with E-state index in [0.29, 0.717) is 37.8 Å². The molecule has 0 saturated heterocycles. The van der Waals surface area contributed by atoms with Crippen molar-refractivity contribution < 1.29 is 28.2 Å². The fourth-order valence-corrected chi connectivity index (χ4v) is 8.80. The van der Waals surface area contributed by atoms with Gasteiger partial charge in [0.15, 0.2) is 0 Å². The molecule has 2 aromatic rings. The van der Waals surface area contributed by atoms with Gasteiger partial charge in [-0.05, 0) is 116 Å². The Labute approximate surface area is 258 Å². The zero-order chi connectivity index (χ0) is 30.4. The third-order valence-electron chi connectivity index (χ3n) is 10.2. The number of carboxylic acids is 1. The summed E-state index contributed by atoms with van der Waals surface area (Å²) in [5.74, 6) is 0.359. The number of rotatable bonds is 10. The van der Waals surface area contributed by atoms with Gasteiger partial charge in [0, 0.05) is 23.5 Å². The predicted octanol–water partition coefficient (Wildman–Crippen LogP) is 5.16. The van der Waals surface area contributed by atoms with Crippen molar-refractivity contribution in [3.05, 3.63) is 70.3 Å². The molecule has 1 aliphatic heterocycles. The van der Waals surface area contributed by atoms with Crippen LogP contribution in [0.15, 0.2) is 48.6 Å². The van der Waals surface area contributed by atoms with Gasteiger partial charge in [0.05, 0.1) is 29.7 Å². The topological polar surface area (TPSA) is 130 Å². The zero-order valence-corrected chi connectivity index (χ0v) is 25.9. The van der Waals surface area contributed by atoms with E-state index < -0.39 is 22.1 Å². The molecule has 5 atom stereocenters. The second-order valence-electron chi connectivity index (χ2n) is 13.2. The van der Waals surface area contributed by atoms with Gasteiger partial charge in [-0.3, -0.25) is 0 Å². The number of halogens is 1. The molecule has 2 saturated carbocycles. The minimum absolute atomic E-state index is 0.00267. The Kier molecular flexibility index (Phi) is 8.54. The van der Waals surface area contributed by atoms with Gasteiger partial charge in [0.1, 0.15) is 5.75 Å². The first kappa shape index (κ1) is 30.4. The third-order valence-corrected chi connectivity index (χ3v) is 11.3. The highest BCUT2D eigenvalue weighted by Gasteiger charge is 2.44. The van der Waals surface area contributed by atoms with Crippen molar-refractivity contribution in [3.63, 3.8) is 0 Å². The number of primary sulfonamides is 1. The second kappa shape index (κ2) is 12.1. The van der Waals surface area contributed by atoms with Crippen molar-refractivity contribution >= 4 is 33.3 Å². The fourth-order valence-electron chi connectivity index (χ4n) is 7.60. The molecule has 232 valence electrons. The number of nitrogens with zero attached hydrogens (tertiary/aromatic N) is 1. The van der Waals surface area contributed by atoms with Crippen LogP contribution in [0.3, 0.4) is 0 Å². The van der Waals surface area contributed by atoms with Gasteiger partial charge in [-0.2, -0.15) is 0 Å². The molecule has 2 aromatic carbocycles. The van der Waals surface area contributed by atoms with Crippen molar-refractivity contribution in [2.75, 3.05) is 30.3 Å². The van der Waals surface area contributed by atoms with E-state index in [4.69, 9.17) is 21.5 Å². The molecule has 43 heavy (non-hydrogen) atoms. The number of allylic oxidation sites excluding steroid dienone is 1. The van der Waals surface area contributed by atoms with E-state index in [1.807, 2.05) is 18.2 Å². The first-order valence-corrected chi connectivity index (χ1v) is 17.5. The number of benzene rings is 2. The third kappa shape index (κ3) is 6.75. The molecule has 10 heteroatoms. The molecule has 3 aliphatic carbocycles. The first-order valence-electron chi connectivity index (χ1n) is 15.4. The molecule has 1 spiro atoms. The summed E-state index contributed by atoms with van der Waals surface area (Å²) in [6, 6.07) is 11.2.